The molecule has 0 aromatic heterocycles. The first kappa shape index (κ1) is 21.0. The van der Waals surface area contributed by atoms with Crippen LogP contribution < -0.4 is 0 Å². The fraction of sp³-hybridized carbons (Fsp3) is 0.833. The molecule has 0 radical (unpaired) electrons. The van der Waals surface area contributed by atoms with Crippen LogP contribution in [0.5, 0.6) is 0 Å². The van der Waals surface area contributed by atoms with Crippen molar-refractivity contribution >= 4 is 27.9 Å². The average Bonchev–Trinajstić information content (AvgIpc) is 2.39. The molecule has 0 saturated carbocycles. The molecule has 0 aliphatic carbocycles. The Morgan fingerprint density at radius 1 is 0.950 bits per heavy atom. The van der Waals surface area contributed by atoms with E-state index in [1.54, 1.807) is 0 Å². The van der Waals surface area contributed by atoms with Gasteiger partial charge in [-0.05, 0) is 31.2 Å². The van der Waals surface area contributed by atoms with E-state index in [2.05, 4.69) is 26.0 Å². The number of nitrogens with zero attached hydrogens (tertiary/aromatic N) is 3. The summed E-state index contributed by atoms with van der Waals surface area (Å²) in [6, 6.07) is 0. The highest BCUT2D eigenvalue weighted by molar-refractivity contribution is 9.09. The largest absolute Gasteiger partial charge is 0.481 e. The third-order valence-corrected chi connectivity index (χ3v) is 2.80. The molecule has 0 saturated heterocycles. The number of carboxylic acids is 2. The van der Waals surface area contributed by atoms with Gasteiger partial charge >= 0.3 is 11.9 Å². The average molecular weight is 352 g/mol. The molecule has 0 aliphatic heterocycles. The molecule has 0 heterocycles. The summed E-state index contributed by atoms with van der Waals surface area (Å²) in [5, 5.41) is 20.7. The first-order valence-electron chi connectivity index (χ1n) is 6.55. The van der Waals surface area contributed by atoms with Crippen molar-refractivity contribution in [1.82, 2.24) is 0 Å². The molecule has 0 aromatic rings. The van der Waals surface area contributed by atoms with Crippen molar-refractivity contribution in [2.24, 2.45) is 5.11 Å². The number of rotatable bonds is 11. The summed E-state index contributed by atoms with van der Waals surface area (Å²) in [4.78, 5) is 22.5. The minimum atomic E-state index is -0.770. The Hall–Kier alpha value is -1.27. The maximum Gasteiger partial charge on any atom is 0.303 e. The SMILES string of the molecule is O=C(O)CCCCCBr.[N-]=[N+]=NCCCCCC(=O)O. The Bertz CT molecular complexity index is 303. The second-order valence-corrected chi connectivity index (χ2v) is 4.85. The molecule has 7 nitrogen and oxygen atoms in total. The molecule has 20 heavy (non-hydrogen) atoms. The molecule has 0 fully saturated rings. The second-order valence-electron chi connectivity index (χ2n) is 4.05. The molecule has 2 N–H and O–H groups in total. The lowest BCUT2D eigenvalue weighted by Gasteiger charge is -1.93. The van der Waals surface area contributed by atoms with Crippen LogP contribution in [0.1, 0.15) is 51.4 Å². The van der Waals surface area contributed by atoms with Crippen LogP contribution in [0.3, 0.4) is 0 Å². The lowest BCUT2D eigenvalue weighted by atomic mass is 10.2. The second kappa shape index (κ2) is 17.7. The van der Waals surface area contributed by atoms with Gasteiger partial charge in [-0.25, -0.2) is 0 Å². The lowest BCUT2D eigenvalue weighted by molar-refractivity contribution is -0.138. The van der Waals surface area contributed by atoms with Crippen LogP contribution >= 0.6 is 15.9 Å². The maximum atomic E-state index is 10.0. The van der Waals surface area contributed by atoms with Crippen molar-refractivity contribution in [3.63, 3.8) is 0 Å². The summed E-state index contributed by atoms with van der Waals surface area (Å²) >= 11 is 3.27. The van der Waals surface area contributed by atoms with E-state index in [-0.39, 0.29) is 6.42 Å². The van der Waals surface area contributed by atoms with E-state index >= 15 is 0 Å². The van der Waals surface area contributed by atoms with Crippen molar-refractivity contribution in [2.45, 2.75) is 51.4 Å². The monoisotopic (exact) mass is 351 g/mol. The summed E-state index contributed by atoms with van der Waals surface area (Å²) < 4.78 is 0. The predicted octanol–water partition coefficient (Wildman–Crippen LogP) is 3.97. The number of carbonyl (C=O) groups is 2. The van der Waals surface area contributed by atoms with Gasteiger partial charge in [0.2, 0.25) is 0 Å². The van der Waals surface area contributed by atoms with Gasteiger partial charge < -0.3 is 10.2 Å². The van der Waals surface area contributed by atoms with Gasteiger partial charge in [-0.2, -0.15) is 0 Å². The number of alkyl halides is 1. The van der Waals surface area contributed by atoms with Gasteiger partial charge in [-0.1, -0.05) is 33.9 Å². The van der Waals surface area contributed by atoms with Gasteiger partial charge in [0.15, 0.2) is 0 Å². The summed E-state index contributed by atoms with van der Waals surface area (Å²) in [5.41, 5.74) is 7.88. The molecule has 0 spiro atoms. The van der Waals surface area contributed by atoms with E-state index in [1.165, 1.54) is 0 Å². The zero-order valence-corrected chi connectivity index (χ0v) is 13.1. The van der Waals surface area contributed by atoms with Crippen LogP contribution in [0, 0.1) is 0 Å². The summed E-state index contributed by atoms with van der Waals surface area (Å²) in [7, 11) is 0. The first-order valence-corrected chi connectivity index (χ1v) is 7.67. The van der Waals surface area contributed by atoms with Gasteiger partial charge in [-0.3, -0.25) is 9.59 Å². The van der Waals surface area contributed by atoms with Gasteiger partial charge in [0.25, 0.3) is 0 Å². The van der Waals surface area contributed by atoms with Crippen LogP contribution in [-0.2, 0) is 9.59 Å². The molecule has 116 valence electrons. The molecule has 0 bridgehead atoms. The van der Waals surface area contributed by atoms with Crippen LogP contribution in [0.15, 0.2) is 5.11 Å². The number of hydrogen-bond donors (Lipinski definition) is 2. The van der Waals surface area contributed by atoms with Crippen LogP contribution in [-0.4, -0.2) is 34.0 Å². The number of hydrogen-bond acceptors (Lipinski definition) is 3. The van der Waals surface area contributed by atoms with E-state index in [0.717, 1.165) is 37.4 Å². The fourth-order valence-corrected chi connectivity index (χ4v) is 1.62. The van der Waals surface area contributed by atoms with Crippen molar-refractivity contribution in [3.8, 4) is 0 Å². The molecule has 0 amide bonds. The summed E-state index contributed by atoms with van der Waals surface area (Å²) in [6.45, 7) is 0.468. The van der Waals surface area contributed by atoms with Crippen LogP contribution in [0.2, 0.25) is 0 Å². The minimum absolute atomic E-state index is 0.205. The van der Waals surface area contributed by atoms with Gasteiger partial charge in [0, 0.05) is 29.6 Å². The van der Waals surface area contributed by atoms with Gasteiger partial charge in [-0.15, -0.1) is 0 Å². The highest BCUT2D eigenvalue weighted by atomic mass is 79.9. The van der Waals surface area contributed by atoms with Gasteiger partial charge in [0.1, 0.15) is 0 Å². The Morgan fingerprint density at radius 2 is 1.45 bits per heavy atom. The van der Waals surface area contributed by atoms with Crippen molar-refractivity contribution in [1.29, 1.82) is 0 Å². The van der Waals surface area contributed by atoms with E-state index in [9.17, 15) is 9.59 Å². The molecule has 0 rings (SSSR count). The van der Waals surface area contributed by atoms with Gasteiger partial charge in [0.05, 0.1) is 0 Å². The topological polar surface area (TPSA) is 123 Å². The lowest BCUT2D eigenvalue weighted by Crippen LogP contribution is -1.93. The normalized spacial score (nSPS) is 9.05. The maximum absolute atomic E-state index is 10.0. The van der Waals surface area contributed by atoms with Crippen LogP contribution in [0.4, 0.5) is 0 Å². The molecular weight excluding hydrogens is 330 g/mol. The summed E-state index contributed by atoms with van der Waals surface area (Å²) in [6.07, 6.45) is 5.66. The number of unbranched alkanes of at least 4 members (excludes halogenated alkanes) is 4. The van der Waals surface area contributed by atoms with E-state index in [0.29, 0.717) is 19.4 Å². The first-order chi connectivity index (χ1) is 9.54. The third kappa shape index (κ3) is 25.5. The van der Waals surface area contributed by atoms with Crippen molar-refractivity contribution < 1.29 is 19.8 Å². The third-order valence-electron chi connectivity index (χ3n) is 2.24. The Morgan fingerprint density at radius 3 is 1.85 bits per heavy atom. The number of carboxylic acid groups (broad SMARTS) is 2. The smallest absolute Gasteiger partial charge is 0.303 e. The number of azide groups is 1. The zero-order chi connectivity index (χ0) is 15.6. The zero-order valence-electron chi connectivity index (χ0n) is 11.5. The van der Waals surface area contributed by atoms with E-state index < -0.39 is 11.9 Å². The molecule has 0 unspecified atom stereocenters. The van der Waals surface area contributed by atoms with Crippen molar-refractivity contribution in [2.75, 3.05) is 11.9 Å². The Kier molecular flexibility index (Phi) is 18.6. The standard InChI is InChI=1S/C6H11BrO2.C6H11N3O2/c7-5-3-1-2-4-6(8)9;7-9-8-5-3-1-2-4-6(10)11/h1-5H2,(H,8,9);1-5H2,(H,10,11). The fourth-order valence-electron chi connectivity index (χ4n) is 1.23. The molecule has 8 heteroatoms. The summed E-state index contributed by atoms with van der Waals surface area (Å²) in [5.74, 6) is -1.46. The van der Waals surface area contributed by atoms with E-state index in [4.69, 9.17) is 15.7 Å². The molecule has 0 aliphatic rings. The highest BCUT2D eigenvalue weighted by Crippen LogP contribution is 2.01. The Labute approximate surface area is 127 Å². The van der Waals surface area contributed by atoms with Crippen molar-refractivity contribution in [3.05, 3.63) is 10.4 Å². The van der Waals surface area contributed by atoms with E-state index in [1.807, 2.05) is 0 Å². The van der Waals surface area contributed by atoms with Crippen LogP contribution in [0.25, 0.3) is 10.4 Å². The Balaban J connectivity index is 0. The highest BCUT2D eigenvalue weighted by Gasteiger charge is 1.95. The molecule has 0 atom stereocenters. The quantitative estimate of drug-likeness (QED) is 0.192. The number of halogens is 1. The minimum Gasteiger partial charge on any atom is -0.481 e. The molecule has 0 aromatic carbocycles. The number of aliphatic carboxylic acids is 2. The predicted molar refractivity (Wildman–Crippen MR) is 80.0 cm³/mol. The molecular formula is C12H22BrN3O4.